The largest absolute Gasteiger partial charge is 0.432 e. The SMILES string of the molecule is CCc1cc(F)c(Oc2nccc3c2C(=O)N(Cc2ccc(-n4cnc(C)c4)cc2)C3)c(F)c1. The smallest absolute Gasteiger partial charge is 0.260 e. The van der Waals surface area contributed by atoms with Crippen LogP contribution in [0.1, 0.15) is 39.7 Å². The maximum absolute atomic E-state index is 14.5. The molecule has 8 heteroatoms. The Morgan fingerprint density at radius 2 is 1.76 bits per heavy atom. The van der Waals surface area contributed by atoms with Gasteiger partial charge in [-0.2, -0.15) is 0 Å². The summed E-state index contributed by atoms with van der Waals surface area (Å²) in [5, 5.41) is 0. The molecule has 1 amide bonds. The number of carbonyl (C=O) groups is 1. The van der Waals surface area contributed by atoms with Gasteiger partial charge in [-0.15, -0.1) is 0 Å². The lowest BCUT2D eigenvalue weighted by molar-refractivity contribution is 0.0764. The molecule has 1 aliphatic rings. The molecule has 4 aromatic rings. The molecule has 2 aromatic heterocycles. The molecule has 34 heavy (non-hydrogen) atoms. The predicted molar refractivity (Wildman–Crippen MR) is 122 cm³/mol. The first-order valence-corrected chi connectivity index (χ1v) is 11.0. The molecular formula is C26H22F2N4O2. The quantitative estimate of drug-likeness (QED) is 0.388. The number of halogens is 2. The molecule has 0 spiro atoms. The molecule has 6 nitrogen and oxygen atoms in total. The van der Waals surface area contributed by atoms with Crippen molar-refractivity contribution in [1.82, 2.24) is 19.4 Å². The van der Waals surface area contributed by atoms with E-state index < -0.39 is 17.4 Å². The number of benzene rings is 2. The highest BCUT2D eigenvalue weighted by Gasteiger charge is 2.32. The second-order valence-electron chi connectivity index (χ2n) is 8.24. The van der Waals surface area contributed by atoms with Gasteiger partial charge in [0.25, 0.3) is 5.91 Å². The molecule has 2 aromatic carbocycles. The molecule has 0 atom stereocenters. The third kappa shape index (κ3) is 4.03. The van der Waals surface area contributed by atoms with E-state index in [2.05, 4.69) is 9.97 Å². The summed E-state index contributed by atoms with van der Waals surface area (Å²) in [5.74, 6) is -2.61. The molecule has 172 valence electrons. The van der Waals surface area contributed by atoms with E-state index in [9.17, 15) is 13.6 Å². The van der Waals surface area contributed by atoms with Crippen LogP contribution >= 0.6 is 0 Å². The Morgan fingerprint density at radius 1 is 1.03 bits per heavy atom. The zero-order valence-electron chi connectivity index (χ0n) is 18.8. The first-order chi connectivity index (χ1) is 16.4. The highest BCUT2D eigenvalue weighted by atomic mass is 19.1. The van der Waals surface area contributed by atoms with Gasteiger partial charge in [-0.25, -0.2) is 18.7 Å². The van der Waals surface area contributed by atoms with Crippen LogP contribution in [0.5, 0.6) is 11.6 Å². The van der Waals surface area contributed by atoms with Crippen LogP contribution in [0.25, 0.3) is 5.69 Å². The van der Waals surface area contributed by atoms with E-state index in [0.717, 1.165) is 16.9 Å². The number of nitrogens with zero attached hydrogens (tertiary/aromatic N) is 4. The lowest BCUT2D eigenvalue weighted by Gasteiger charge is -2.16. The van der Waals surface area contributed by atoms with Crippen molar-refractivity contribution >= 4 is 5.91 Å². The van der Waals surface area contributed by atoms with Crippen LogP contribution in [0.4, 0.5) is 8.78 Å². The van der Waals surface area contributed by atoms with Gasteiger partial charge in [0.1, 0.15) is 5.56 Å². The first-order valence-electron chi connectivity index (χ1n) is 11.0. The fourth-order valence-electron chi connectivity index (χ4n) is 4.05. The van der Waals surface area contributed by atoms with Crippen molar-refractivity contribution < 1.29 is 18.3 Å². The van der Waals surface area contributed by atoms with Crippen molar-refractivity contribution in [2.45, 2.75) is 33.4 Å². The monoisotopic (exact) mass is 460 g/mol. The number of hydrogen-bond acceptors (Lipinski definition) is 4. The summed E-state index contributed by atoms with van der Waals surface area (Å²) in [7, 11) is 0. The van der Waals surface area contributed by atoms with E-state index in [1.165, 1.54) is 18.3 Å². The maximum atomic E-state index is 14.5. The summed E-state index contributed by atoms with van der Waals surface area (Å²) in [5.41, 5.74) is 4.29. The Hall–Kier alpha value is -4.07. The summed E-state index contributed by atoms with van der Waals surface area (Å²) >= 11 is 0. The number of aromatic nitrogens is 3. The zero-order chi connectivity index (χ0) is 23.8. The van der Waals surface area contributed by atoms with Crippen molar-refractivity contribution in [3.63, 3.8) is 0 Å². The molecule has 0 saturated heterocycles. The van der Waals surface area contributed by atoms with E-state index in [1.807, 2.05) is 42.0 Å². The van der Waals surface area contributed by atoms with Gasteiger partial charge < -0.3 is 14.2 Å². The summed E-state index contributed by atoms with van der Waals surface area (Å²) < 4.78 is 36.3. The Bertz CT molecular complexity index is 1360. The fraction of sp³-hybridized carbons (Fsp3) is 0.192. The Morgan fingerprint density at radius 3 is 2.41 bits per heavy atom. The first kappa shape index (κ1) is 21.8. The van der Waals surface area contributed by atoms with Crippen molar-refractivity contribution in [3.8, 4) is 17.3 Å². The van der Waals surface area contributed by atoms with E-state index >= 15 is 0 Å². The number of carbonyl (C=O) groups excluding carboxylic acids is 1. The number of hydrogen-bond donors (Lipinski definition) is 0. The fourth-order valence-corrected chi connectivity index (χ4v) is 4.05. The van der Waals surface area contributed by atoms with Gasteiger partial charge in [0, 0.05) is 31.2 Å². The molecule has 0 N–H and O–H groups in total. The van der Waals surface area contributed by atoms with Gasteiger partial charge in [-0.1, -0.05) is 19.1 Å². The van der Waals surface area contributed by atoms with E-state index in [-0.39, 0.29) is 17.4 Å². The van der Waals surface area contributed by atoms with Gasteiger partial charge in [0.15, 0.2) is 11.6 Å². The summed E-state index contributed by atoms with van der Waals surface area (Å²) in [6, 6.07) is 12.0. The van der Waals surface area contributed by atoms with Crippen LogP contribution in [-0.4, -0.2) is 25.3 Å². The number of amides is 1. The molecule has 0 unspecified atom stereocenters. The van der Waals surface area contributed by atoms with Crippen LogP contribution in [0.3, 0.4) is 0 Å². The normalized spacial score (nSPS) is 12.8. The Balaban J connectivity index is 1.36. The number of rotatable bonds is 6. The van der Waals surface area contributed by atoms with Gasteiger partial charge in [0.05, 0.1) is 12.0 Å². The summed E-state index contributed by atoms with van der Waals surface area (Å²) in [6.45, 7) is 4.47. The Labute approximate surface area is 195 Å². The lowest BCUT2D eigenvalue weighted by atomic mass is 10.1. The highest BCUT2D eigenvalue weighted by Crippen LogP contribution is 2.35. The van der Waals surface area contributed by atoms with E-state index in [4.69, 9.17) is 4.74 Å². The highest BCUT2D eigenvalue weighted by molar-refractivity contribution is 6.00. The van der Waals surface area contributed by atoms with Gasteiger partial charge in [-0.05, 0) is 60.4 Å². The van der Waals surface area contributed by atoms with Crippen molar-refractivity contribution in [1.29, 1.82) is 0 Å². The average Bonchev–Trinajstić information content (AvgIpc) is 3.40. The van der Waals surface area contributed by atoms with Crippen molar-refractivity contribution in [3.05, 3.63) is 101 Å². The molecule has 0 fully saturated rings. The van der Waals surface area contributed by atoms with Crippen LogP contribution in [0.15, 0.2) is 61.2 Å². The molecule has 0 aliphatic carbocycles. The molecule has 0 bridgehead atoms. The molecular weight excluding hydrogens is 438 g/mol. The van der Waals surface area contributed by atoms with Gasteiger partial charge >= 0.3 is 0 Å². The van der Waals surface area contributed by atoms with Crippen molar-refractivity contribution in [2.24, 2.45) is 0 Å². The lowest BCUT2D eigenvalue weighted by Crippen LogP contribution is -2.23. The van der Waals surface area contributed by atoms with Crippen LogP contribution in [0, 0.1) is 18.6 Å². The average molecular weight is 460 g/mol. The molecule has 0 radical (unpaired) electrons. The summed E-state index contributed by atoms with van der Waals surface area (Å²) in [6.07, 6.45) is 5.65. The standard InChI is InChI=1S/C26H22F2N4O2/c1-3-17-10-21(27)24(22(28)11-17)34-25-23-19(8-9-29-25)14-31(26(23)33)13-18-4-6-20(7-5-18)32-12-16(2)30-15-32/h4-12,15H,3,13-14H2,1-2H3. The molecule has 1 aliphatic heterocycles. The topological polar surface area (TPSA) is 60.2 Å². The number of fused-ring (bicyclic) bond motifs is 1. The van der Waals surface area contributed by atoms with E-state index in [1.54, 1.807) is 24.2 Å². The number of imidazole rings is 1. The third-order valence-corrected chi connectivity index (χ3v) is 5.85. The second-order valence-corrected chi connectivity index (χ2v) is 8.24. The minimum absolute atomic E-state index is 0.0992. The zero-order valence-corrected chi connectivity index (χ0v) is 18.8. The molecule has 3 heterocycles. The van der Waals surface area contributed by atoms with Crippen LogP contribution in [-0.2, 0) is 19.5 Å². The predicted octanol–water partition coefficient (Wildman–Crippen LogP) is 5.36. The van der Waals surface area contributed by atoms with Gasteiger partial charge in [-0.3, -0.25) is 4.79 Å². The number of pyridine rings is 1. The van der Waals surface area contributed by atoms with E-state index in [0.29, 0.717) is 30.6 Å². The number of ether oxygens (including phenoxy) is 1. The van der Waals surface area contributed by atoms with Crippen LogP contribution in [0.2, 0.25) is 0 Å². The minimum Gasteiger partial charge on any atom is -0.432 e. The molecule has 0 saturated carbocycles. The Kier molecular flexibility index (Phi) is 5.57. The van der Waals surface area contributed by atoms with Gasteiger partial charge in [0.2, 0.25) is 11.6 Å². The van der Waals surface area contributed by atoms with Crippen molar-refractivity contribution in [2.75, 3.05) is 0 Å². The third-order valence-electron chi connectivity index (χ3n) is 5.85. The molecule has 5 rings (SSSR count). The maximum Gasteiger partial charge on any atom is 0.260 e. The second kappa shape index (κ2) is 8.70. The summed E-state index contributed by atoms with van der Waals surface area (Å²) in [4.78, 5) is 23.2. The van der Waals surface area contributed by atoms with Crippen LogP contribution < -0.4 is 4.74 Å². The number of aryl methyl sites for hydroxylation is 2. The minimum atomic E-state index is -0.827.